The smallest absolute Gasteiger partial charge is 0.175 e. The van der Waals surface area contributed by atoms with Crippen LogP contribution in [0, 0.1) is 0 Å². The van der Waals surface area contributed by atoms with Gasteiger partial charge in [-0.3, -0.25) is 0 Å². The monoisotopic (exact) mass is 215 g/mol. The quantitative estimate of drug-likeness (QED) is 0.767. The van der Waals surface area contributed by atoms with Crippen molar-refractivity contribution in [3.05, 3.63) is 24.3 Å². The van der Waals surface area contributed by atoms with E-state index in [0.29, 0.717) is 12.2 Å². The fraction of sp³-hybridized carbons (Fsp3) is 0.333. The summed E-state index contributed by atoms with van der Waals surface area (Å²) >= 11 is 0. The molecular formula is C9H13NO3S. The van der Waals surface area contributed by atoms with Gasteiger partial charge in [0.05, 0.1) is 11.5 Å². The van der Waals surface area contributed by atoms with Crippen LogP contribution in [0.25, 0.3) is 0 Å². The van der Waals surface area contributed by atoms with Gasteiger partial charge in [-0.2, -0.15) is 0 Å². The molecule has 2 N–H and O–H groups in total. The molecule has 0 radical (unpaired) electrons. The molecule has 0 bridgehead atoms. The minimum absolute atomic E-state index is 0.0170. The van der Waals surface area contributed by atoms with Gasteiger partial charge in [0, 0.05) is 18.5 Å². The highest BCUT2D eigenvalue weighted by molar-refractivity contribution is 7.90. The van der Waals surface area contributed by atoms with Crippen molar-refractivity contribution in [1.29, 1.82) is 0 Å². The van der Waals surface area contributed by atoms with Crippen LogP contribution in [0.4, 0.5) is 5.69 Å². The van der Waals surface area contributed by atoms with Crippen molar-refractivity contribution < 1.29 is 13.5 Å². The molecule has 0 heterocycles. The van der Waals surface area contributed by atoms with Gasteiger partial charge in [-0.25, -0.2) is 8.42 Å². The lowest BCUT2D eigenvalue weighted by molar-refractivity contribution is 0.311. The molecule has 0 fully saturated rings. The predicted octanol–water partition coefficient (Wildman–Crippen LogP) is 0.494. The van der Waals surface area contributed by atoms with Crippen LogP contribution >= 0.6 is 0 Å². The third-order valence-corrected chi connectivity index (χ3v) is 2.81. The minimum Gasteiger partial charge on any atom is -0.395 e. The Hall–Kier alpha value is -1.07. The highest BCUT2D eigenvalue weighted by Crippen LogP contribution is 2.14. The summed E-state index contributed by atoms with van der Waals surface area (Å²) in [6.07, 6.45) is 1.16. The van der Waals surface area contributed by atoms with Crippen molar-refractivity contribution in [3.8, 4) is 0 Å². The zero-order valence-corrected chi connectivity index (χ0v) is 8.71. The number of benzene rings is 1. The van der Waals surface area contributed by atoms with Crippen LogP contribution in [0.5, 0.6) is 0 Å². The number of hydrogen-bond donors (Lipinski definition) is 2. The highest BCUT2D eigenvalue weighted by atomic mass is 32.2. The molecule has 5 heteroatoms. The summed E-state index contributed by atoms with van der Waals surface area (Å²) in [6, 6.07) is 6.50. The largest absolute Gasteiger partial charge is 0.395 e. The van der Waals surface area contributed by atoms with E-state index in [1.54, 1.807) is 24.3 Å². The number of anilines is 1. The first kappa shape index (κ1) is 11.0. The van der Waals surface area contributed by atoms with Crippen molar-refractivity contribution in [3.63, 3.8) is 0 Å². The van der Waals surface area contributed by atoms with E-state index >= 15 is 0 Å². The van der Waals surface area contributed by atoms with Crippen LogP contribution in [0.3, 0.4) is 0 Å². The summed E-state index contributed by atoms with van der Waals surface area (Å²) in [4.78, 5) is 0.278. The highest BCUT2D eigenvalue weighted by Gasteiger charge is 2.06. The molecule has 14 heavy (non-hydrogen) atoms. The Kier molecular flexibility index (Phi) is 3.49. The van der Waals surface area contributed by atoms with Crippen LogP contribution in [0.15, 0.2) is 29.2 Å². The number of aliphatic hydroxyl groups excluding tert-OH is 1. The molecular weight excluding hydrogens is 202 g/mol. The molecule has 78 valence electrons. The van der Waals surface area contributed by atoms with Gasteiger partial charge in [0.2, 0.25) is 0 Å². The average molecular weight is 215 g/mol. The first-order valence-electron chi connectivity index (χ1n) is 4.19. The van der Waals surface area contributed by atoms with E-state index in [2.05, 4.69) is 5.32 Å². The molecule has 0 atom stereocenters. The van der Waals surface area contributed by atoms with Gasteiger partial charge >= 0.3 is 0 Å². The standard InChI is InChI=1S/C9H13NO3S/c1-14(12,13)9-4-2-3-8(7-9)10-5-6-11/h2-4,7,10-11H,5-6H2,1H3. The number of hydrogen-bond acceptors (Lipinski definition) is 4. The lowest BCUT2D eigenvalue weighted by atomic mass is 10.3. The van der Waals surface area contributed by atoms with E-state index in [1.165, 1.54) is 0 Å². The van der Waals surface area contributed by atoms with Crippen molar-refractivity contribution in [2.75, 3.05) is 24.7 Å². The Morgan fingerprint density at radius 2 is 2.14 bits per heavy atom. The Bertz CT molecular complexity index is 400. The number of aliphatic hydroxyl groups is 1. The lowest BCUT2D eigenvalue weighted by Gasteiger charge is -2.05. The third kappa shape index (κ3) is 3.01. The molecule has 0 aliphatic rings. The van der Waals surface area contributed by atoms with Crippen LogP contribution in [-0.4, -0.2) is 32.9 Å². The number of rotatable bonds is 4. The van der Waals surface area contributed by atoms with E-state index < -0.39 is 9.84 Å². The van der Waals surface area contributed by atoms with Gasteiger partial charge in [0.1, 0.15) is 0 Å². The van der Waals surface area contributed by atoms with Gasteiger partial charge in [0.25, 0.3) is 0 Å². The summed E-state index contributed by atoms with van der Waals surface area (Å²) in [6.45, 7) is 0.427. The summed E-state index contributed by atoms with van der Waals surface area (Å²) < 4.78 is 22.4. The Morgan fingerprint density at radius 1 is 1.43 bits per heavy atom. The van der Waals surface area contributed by atoms with Crippen LogP contribution < -0.4 is 5.32 Å². The van der Waals surface area contributed by atoms with Gasteiger partial charge < -0.3 is 10.4 Å². The van der Waals surface area contributed by atoms with Gasteiger partial charge in [-0.15, -0.1) is 0 Å². The molecule has 0 saturated carbocycles. The molecule has 0 aromatic heterocycles. The van der Waals surface area contributed by atoms with Gasteiger partial charge in [0.15, 0.2) is 9.84 Å². The first-order chi connectivity index (χ1) is 6.54. The topological polar surface area (TPSA) is 66.4 Å². The summed E-state index contributed by atoms with van der Waals surface area (Å²) in [7, 11) is -3.15. The van der Waals surface area contributed by atoms with E-state index in [9.17, 15) is 8.42 Å². The summed E-state index contributed by atoms with van der Waals surface area (Å²) in [5.74, 6) is 0. The fourth-order valence-electron chi connectivity index (χ4n) is 1.04. The predicted molar refractivity (Wildman–Crippen MR) is 55.1 cm³/mol. The van der Waals surface area contributed by atoms with Crippen LogP contribution in [0.2, 0.25) is 0 Å². The summed E-state index contributed by atoms with van der Waals surface area (Å²) in [5, 5.41) is 11.5. The van der Waals surface area contributed by atoms with Gasteiger partial charge in [-0.05, 0) is 18.2 Å². The molecule has 1 aromatic rings. The van der Waals surface area contributed by atoms with Crippen molar-refractivity contribution in [2.45, 2.75) is 4.90 Å². The molecule has 1 aromatic carbocycles. The lowest BCUT2D eigenvalue weighted by Crippen LogP contribution is -2.06. The second-order valence-electron chi connectivity index (χ2n) is 2.95. The van der Waals surface area contributed by atoms with Crippen molar-refractivity contribution in [1.82, 2.24) is 0 Å². The summed E-state index contributed by atoms with van der Waals surface area (Å²) in [5.41, 5.74) is 0.696. The normalized spacial score (nSPS) is 11.3. The maximum Gasteiger partial charge on any atom is 0.175 e. The Labute approximate surface area is 83.5 Å². The maximum atomic E-state index is 11.2. The minimum atomic E-state index is -3.15. The number of sulfone groups is 1. The van der Waals surface area contributed by atoms with E-state index in [1.807, 2.05) is 0 Å². The van der Waals surface area contributed by atoms with E-state index in [-0.39, 0.29) is 11.5 Å². The zero-order chi connectivity index (χ0) is 10.6. The SMILES string of the molecule is CS(=O)(=O)c1cccc(NCCO)c1. The second kappa shape index (κ2) is 4.43. The first-order valence-corrected chi connectivity index (χ1v) is 6.08. The third-order valence-electron chi connectivity index (χ3n) is 1.70. The van der Waals surface area contributed by atoms with Crippen LogP contribution in [0.1, 0.15) is 0 Å². The second-order valence-corrected chi connectivity index (χ2v) is 4.97. The van der Waals surface area contributed by atoms with Crippen LogP contribution in [-0.2, 0) is 9.84 Å². The Balaban J connectivity index is 2.90. The molecule has 0 unspecified atom stereocenters. The van der Waals surface area contributed by atoms with E-state index in [4.69, 9.17) is 5.11 Å². The molecule has 0 saturated heterocycles. The fourth-order valence-corrected chi connectivity index (χ4v) is 1.70. The molecule has 4 nitrogen and oxygen atoms in total. The molecule has 0 spiro atoms. The average Bonchev–Trinajstić information content (AvgIpc) is 2.14. The maximum absolute atomic E-state index is 11.2. The van der Waals surface area contributed by atoms with Gasteiger partial charge in [-0.1, -0.05) is 6.07 Å². The molecule has 0 amide bonds. The molecule has 0 aliphatic heterocycles. The van der Waals surface area contributed by atoms with Crippen molar-refractivity contribution in [2.24, 2.45) is 0 Å². The zero-order valence-electron chi connectivity index (χ0n) is 7.90. The molecule has 1 rings (SSSR count). The van der Waals surface area contributed by atoms with Crippen molar-refractivity contribution >= 4 is 15.5 Å². The number of nitrogens with one attached hydrogen (secondary N) is 1. The Morgan fingerprint density at radius 3 is 2.71 bits per heavy atom. The van der Waals surface area contributed by atoms with E-state index in [0.717, 1.165) is 6.26 Å². The molecule has 0 aliphatic carbocycles.